The predicted octanol–water partition coefficient (Wildman–Crippen LogP) is 3.48. The molecule has 36 heavy (non-hydrogen) atoms. The van der Waals surface area contributed by atoms with E-state index in [0.29, 0.717) is 46.7 Å². The van der Waals surface area contributed by atoms with Gasteiger partial charge in [-0.2, -0.15) is 23.3 Å². The van der Waals surface area contributed by atoms with E-state index >= 15 is 0 Å². The van der Waals surface area contributed by atoms with Gasteiger partial charge in [0.05, 0.1) is 35.3 Å². The van der Waals surface area contributed by atoms with E-state index in [1.54, 1.807) is 24.3 Å². The third-order valence-corrected chi connectivity index (χ3v) is 7.06. The van der Waals surface area contributed by atoms with Crippen LogP contribution >= 0.6 is 11.8 Å². The number of amides is 1. The van der Waals surface area contributed by atoms with Crippen molar-refractivity contribution in [2.24, 2.45) is 4.99 Å². The van der Waals surface area contributed by atoms with Crippen molar-refractivity contribution in [3.63, 3.8) is 0 Å². The zero-order valence-corrected chi connectivity index (χ0v) is 19.6. The SMILES string of the molecule is O=C1N=C(N2CCNC(CO)C2)SC1=Cc1ccc2c(cnn2Cc2ccc(F)cc2C(F)(F)F)c1. The summed E-state index contributed by atoms with van der Waals surface area (Å²) in [5, 5.41) is 18.1. The summed E-state index contributed by atoms with van der Waals surface area (Å²) in [4.78, 5) is 19.1. The highest BCUT2D eigenvalue weighted by Crippen LogP contribution is 2.34. The number of nitrogens with one attached hydrogen (secondary N) is 1. The molecule has 0 saturated carbocycles. The summed E-state index contributed by atoms with van der Waals surface area (Å²) in [6.45, 7) is 1.74. The lowest BCUT2D eigenvalue weighted by Crippen LogP contribution is -2.53. The number of hydrogen-bond acceptors (Lipinski definition) is 6. The summed E-state index contributed by atoms with van der Waals surface area (Å²) in [6, 6.07) is 7.79. The van der Waals surface area contributed by atoms with Gasteiger partial charge in [-0.05, 0) is 53.2 Å². The molecule has 0 aliphatic carbocycles. The summed E-state index contributed by atoms with van der Waals surface area (Å²) in [5.74, 6) is -1.30. The maximum atomic E-state index is 13.4. The van der Waals surface area contributed by atoms with Gasteiger partial charge in [0.25, 0.3) is 5.91 Å². The Morgan fingerprint density at radius 1 is 1.22 bits per heavy atom. The Balaban J connectivity index is 1.35. The Labute approximate surface area is 207 Å². The number of fused-ring (bicyclic) bond motifs is 1. The predicted molar refractivity (Wildman–Crippen MR) is 129 cm³/mol. The lowest BCUT2D eigenvalue weighted by Gasteiger charge is -2.33. The minimum absolute atomic E-state index is 0.00252. The number of halogens is 4. The molecule has 1 unspecified atom stereocenters. The average Bonchev–Trinajstić information content (AvgIpc) is 3.42. The third-order valence-electron chi connectivity index (χ3n) is 6.02. The average molecular weight is 520 g/mol. The third kappa shape index (κ3) is 5.01. The summed E-state index contributed by atoms with van der Waals surface area (Å²) in [5.41, 5.74) is 0.206. The highest BCUT2D eigenvalue weighted by atomic mass is 32.2. The second-order valence-electron chi connectivity index (χ2n) is 8.51. The first kappa shape index (κ1) is 24.5. The molecule has 12 heteroatoms. The van der Waals surface area contributed by atoms with Crippen LogP contribution in [0.25, 0.3) is 17.0 Å². The van der Waals surface area contributed by atoms with E-state index in [1.807, 2.05) is 4.90 Å². The molecule has 1 saturated heterocycles. The van der Waals surface area contributed by atoms with E-state index in [9.17, 15) is 27.5 Å². The van der Waals surface area contributed by atoms with Gasteiger partial charge < -0.3 is 15.3 Å². The van der Waals surface area contributed by atoms with Crippen molar-refractivity contribution in [3.05, 3.63) is 70.0 Å². The van der Waals surface area contributed by atoms with Crippen LogP contribution in [0.3, 0.4) is 0 Å². The van der Waals surface area contributed by atoms with Gasteiger partial charge in [-0.3, -0.25) is 9.48 Å². The second-order valence-corrected chi connectivity index (χ2v) is 9.52. The van der Waals surface area contributed by atoms with Gasteiger partial charge in [-0.15, -0.1) is 0 Å². The summed E-state index contributed by atoms with van der Waals surface area (Å²) in [7, 11) is 0. The molecule has 1 amide bonds. The highest BCUT2D eigenvalue weighted by Gasteiger charge is 2.34. The van der Waals surface area contributed by atoms with Gasteiger partial charge >= 0.3 is 6.18 Å². The first-order valence-electron chi connectivity index (χ1n) is 11.1. The molecule has 1 atom stereocenters. The number of piperazine rings is 1. The topological polar surface area (TPSA) is 82.8 Å². The number of carbonyl (C=O) groups excluding carboxylic acids is 1. The molecule has 188 valence electrons. The number of hydrogen-bond donors (Lipinski definition) is 2. The van der Waals surface area contributed by atoms with Crippen LogP contribution in [0.15, 0.2) is 52.5 Å². The first-order valence-corrected chi connectivity index (χ1v) is 12.0. The first-order chi connectivity index (χ1) is 17.2. The number of alkyl halides is 3. The number of aliphatic hydroxyl groups excluding tert-OH is 1. The lowest BCUT2D eigenvalue weighted by atomic mass is 10.1. The minimum atomic E-state index is -4.68. The van der Waals surface area contributed by atoms with Gasteiger partial charge in [0.2, 0.25) is 0 Å². The fraction of sp³-hybridized carbons (Fsp3) is 0.292. The van der Waals surface area contributed by atoms with Crippen molar-refractivity contribution in [2.45, 2.75) is 18.8 Å². The van der Waals surface area contributed by atoms with Crippen LogP contribution in [0.2, 0.25) is 0 Å². The molecule has 5 rings (SSSR count). The Hall–Kier alpha value is -3.22. The van der Waals surface area contributed by atoms with Crippen molar-refractivity contribution in [2.75, 3.05) is 26.2 Å². The van der Waals surface area contributed by atoms with Crippen LogP contribution in [-0.4, -0.2) is 63.1 Å². The number of thioether (sulfide) groups is 1. The molecule has 0 spiro atoms. The molecule has 2 aliphatic rings. The highest BCUT2D eigenvalue weighted by molar-refractivity contribution is 8.18. The van der Waals surface area contributed by atoms with Crippen LogP contribution in [0.5, 0.6) is 0 Å². The number of nitrogens with zero attached hydrogens (tertiary/aromatic N) is 4. The van der Waals surface area contributed by atoms with E-state index in [1.165, 1.54) is 22.6 Å². The molecule has 0 radical (unpaired) electrons. The molecule has 1 fully saturated rings. The lowest BCUT2D eigenvalue weighted by molar-refractivity contribution is -0.138. The number of aromatic nitrogens is 2. The van der Waals surface area contributed by atoms with E-state index in [-0.39, 0.29) is 30.7 Å². The number of benzene rings is 2. The van der Waals surface area contributed by atoms with Crippen LogP contribution < -0.4 is 5.32 Å². The normalized spacial score (nSPS) is 20.0. The Morgan fingerprint density at radius 2 is 2.06 bits per heavy atom. The second kappa shape index (κ2) is 9.68. The van der Waals surface area contributed by atoms with Crippen molar-refractivity contribution in [3.8, 4) is 0 Å². The molecule has 2 aliphatic heterocycles. The molecule has 7 nitrogen and oxygen atoms in total. The van der Waals surface area contributed by atoms with Crippen LogP contribution in [-0.2, 0) is 17.5 Å². The Bertz CT molecular complexity index is 1380. The van der Waals surface area contributed by atoms with Gasteiger partial charge in [0.1, 0.15) is 5.82 Å². The summed E-state index contributed by atoms with van der Waals surface area (Å²) < 4.78 is 55.0. The van der Waals surface area contributed by atoms with Crippen LogP contribution in [0.1, 0.15) is 16.7 Å². The van der Waals surface area contributed by atoms with E-state index in [4.69, 9.17) is 0 Å². The molecular weight excluding hydrogens is 498 g/mol. The van der Waals surface area contributed by atoms with Crippen LogP contribution in [0.4, 0.5) is 17.6 Å². The van der Waals surface area contributed by atoms with Gasteiger partial charge in [0.15, 0.2) is 5.17 Å². The maximum absolute atomic E-state index is 13.4. The number of aliphatic hydroxyl groups is 1. The van der Waals surface area contributed by atoms with Crippen LogP contribution in [0, 0.1) is 5.82 Å². The van der Waals surface area contributed by atoms with Crippen molar-refractivity contribution in [1.82, 2.24) is 20.0 Å². The quantitative estimate of drug-likeness (QED) is 0.406. The molecule has 3 heterocycles. The number of aliphatic imine (C=N–C) groups is 1. The summed E-state index contributed by atoms with van der Waals surface area (Å²) in [6.07, 6.45) is -1.43. The minimum Gasteiger partial charge on any atom is -0.395 e. The van der Waals surface area contributed by atoms with Crippen molar-refractivity contribution < 1.29 is 27.5 Å². The van der Waals surface area contributed by atoms with Gasteiger partial charge in [0, 0.05) is 31.1 Å². The maximum Gasteiger partial charge on any atom is 0.416 e. The van der Waals surface area contributed by atoms with E-state index in [2.05, 4.69) is 15.4 Å². The molecule has 3 aromatic rings. The van der Waals surface area contributed by atoms with Gasteiger partial charge in [-0.25, -0.2) is 4.39 Å². The number of carbonyl (C=O) groups is 1. The smallest absolute Gasteiger partial charge is 0.395 e. The summed E-state index contributed by atoms with van der Waals surface area (Å²) >= 11 is 1.27. The van der Waals surface area contributed by atoms with Crippen molar-refractivity contribution in [1.29, 1.82) is 0 Å². The number of rotatable bonds is 4. The molecule has 2 aromatic carbocycles. The number of amidine groups is 1. The van der Waals surface area contributed by atoms with E-state index in [0.717, 1.165) is 17.7 Å². The fourth-order valence-electron chi connectivity index (χ4n) is 4.24. The Kier molecular flexibility index (Phi) is 6.58. The fourth-order valence-corrected chi connectivity index (χ4v) is 5.19. The molecule has 1 aromatic heterocycles. The van der Waals surface area contributed by atoms with Gasteiger partial charge in [-0.1, -0.05) is 12.1 Å². The standard InChI is InChI=1S/C24H21F4N5O2S/c25-17-3-2-15(19(9-17)24(26,27)28)11-33-20-4-1-14(7-16(20)10-30-33)8-21-22(35)31-23(36-21)32-6-5-29-18(12-32)13-34/h1-4,7-10,18,29,34H,5-6,11-13H2. The van der Waals surface area contributed by atoms with E-state index < -0.39 is 17.6 Å². The monoisotopic (exact) mass is 519 g/mol. The molecule has 0 bridgehead atoms. The van der Waals surface area contributed by atoms with Crippen molar-refractivity contribution >= 4 is 39.8 Å². The zero-order valence-electron chi connectivity index (χ0n) is 18.8. The zero-order chi connectivity index (χ0) is 25.4. The molecule has 2 N–H and O–H groups in total. The largest absolute Gasteiger partial charge is 0.416 e. The molecular formula is C24H21F4N5O2S. The Morgan fingerprint density at radius 3 is 2.83 bits per heavy atom.